The number of ether oxygens (including phenoxy) is 1. The maximum absolute atomic E-state index is 11.9. The van der Waals surface area contributed by atoms with E-state index in [9.17, 15) is 9.90 Å². The fourth-order valence-corrected chi connectivity index (χ4v) is 2.95. The number of carbonyl (C=O) groups excluding carboxylic acids is 1. The number of esters is 1. The molecule has 146 valence electrons. The number of aromatic hydroxyl groups is 1. The lowest BCUT2D eigenvalue weighted by Crippen LogP contribution is -2.10. The third-order valence-corrected chi connectivity index (χ3v) is 4.11. The van der Waals surface area contributed by atoms with Crippen molar-refractivity contribution in [1.29, 1.82) is 0 Å². The SMILES string of the molecule is COC(=O)c1cc(O)cc(Nc2nc3ccccc3n2-c2nc(C)nc(N)n2)c1. The van der Waals surface area contributed by atoms with Gasteiger partial charge in [-0.15, -0.1) is 0 Å². The Morgan fingerprint density at radius 2 is 1.93 bits per heavy atom. The highest BCUT2D eigenvalue weighted by Gasteiger charge is 2.17. The number of methoxy groups -OCH3 is 1. The first-order valence-electron chi connectivity index (χ1n) is 8.60. The summed E-state index contributed by atoms with van der Waals surface area (Å²) in [5, 5.41) is 13.1. The molecule has 0 fully saturated rings. The Kier molecular flexibility index (Phi) is 4.43. The largest absolute Gasteiger partial charge is 0.508 e. The normalized spacial score (nSPS) is 10.8. The molecule has 0 aliphatic rings. The first-order valence-corrected chi connectivity index (χ1v) is 8.60. The van der Waals surface area contributed by atoms with Crippen LogP contribution in [-0.2, 0) is 4.74 Å². The fraction of sp³-hybridized carbons (Fsp3) is 0.105. The van der Waals surface area contributed by atoms with E-state index in [0.29, 0.717) is 28.9 Å². The number of nitrogens with zero attached hydrogens (tertiary/aromatic N) is 5. The minimum atomic E-state index is -0.571. The average molecular weight is 391 g/mol. The number of aromatic nitrogens is 5. The van der Waals surface area contributed by atoms with Crippen molar-refractivity contribution in [2.24, 2.45) is 0 Å². The molecular weight excluding hydrogens is 374 g/mol. The van der Waals surface area contributed by atoms with Crippen molar-refractivity contribution in [3.8, 4) is 11.7 Å². The number of rotatable bonds is 4. The molecule has 0 saturated heterocycles. The first kappa shape index (κ1) is 18.2. The van der Waals surface area contributed by atoms with Crippen LogP contribution < -0.4 is 11.1 Å². The number of phenols is 1. The molecule has 0 aliphatic carbocycles. The summed E-state index contributed by atoms with van der Waals surface area (Å²) in [5.74, 6) is 0.539. The van der Waals surface area contributed by atoms with E-state index in [-0.39, 0.29) is 17.3 Å². The summed E-state index contributed by atoms with van der Waals surface area (Å²) in [7, 11) is 1.27. The number of benzene rings is 2. The molecule has 4 N–H and O–H groups in total. The maximum Gasteiger partial charge on any atom is 0.338 e. The number of nitrogens with one attached hydrogen (secondary N) is 1. The van der Waals surface area contributed by atoms with E-state index in [4.69, 9.17) is 10.5 Å². The van der Waals surface area contributed by atoms with Crippen molar-refractivity contribution in [3.63, 3.8) is 0 Å². The van der Waals surface area contributed by atoms with Crippen LogP contribution in [0.1, 0.15) is 16.2 Å². The molecule has 29 heavy (non-hydrogen) atoms. The molecule has 0 saturated carbocycles. The summed E-state index contributed by atoms with van der Waals surface area (Å²) in [6.45, 7) is 1.71. The number of para-hydroxylation sites is 2. The van der Waals surface area contributed by atoms with Gasteiger partial charge in [-0.05, 0) is 31.2 Å². The number of fused-ring (bicyclic) bond motifs is 1. The van der Waals surface area contributed by atoms with Gasteiger partial charge in [-0.1, -0.05) is 12.1 Å². The van der Waals surface area contributed by atoms with Crippen molar-refractivity contribution in [2.45, 2.75) is 6.92 Å². The van der Waals surface area contributed by atoms with Gasteiger partial charge in [0.25, 0.3) is 0 Å². The van der Waals surface area contributed by atoms with Gasteiger partial charge < -0.3 is 20.9 Å². The average Bonchev–Trinajstić information content (AvgIpc) is 3.03. The number of carbonyl (C=O) groups is 1. The molecule has 4 rings (SSSR count). The second kappa shape index (κ2) is 7.08. The monoisotopic (exact) mass is 391 g/mol. The molecule has 0 amide bonds. The number of aryl methyl sites for hydroxylation is 1. The number of nitrogens with two attached hydrogens (primary N) is 1. The summed E-state index contributed by atoms with van der Waals surface area (Å²) in [5.41, 5.74) is 7.86. The Morgan fingerprint density at radius 1 is 1.14 bits per heavy atom. The van der Waals surface area contributed by atoms with Gasteiger partial charge in [-0.2, -0.15) is 15.0 Å². The minimum absolute atomic E-state index is 0.0848. The van der Waals surface area contributed by atoms with Crippen molar-refractivity contribution in [3.05, 3.63) is 53.9 Å². The summed E-state index contributed by atoms with van der Waals surface area (Å²) in [6.07, 6.45) is 0. The van der Waals surface area contributed by atoms with Crippen molar-refractivity contribution >= 4 is 34.6 Å². The second-order valence-electron chi connectivity index (χ2n) is 6.19. The molecule has 0 atom stereocenters. The topological polar surface area (TPSA) is 141 Å². The minimum Gasteiger partial charge on any atom is -0.508 e. The Bertz CT molecular complexity index is 1220. The van der Waals surface area contributed by atoms with Crippen LogP contribution in [0.25, 0.3) is 17.0 Å². The molecule has 2 aromatic carbocycles. The maximum atomic E-state index is 11.9. The zero-order valence-corrected chi connectivity index (χ0v) is 15.6. The van der Waals surface area contributed by atoms with Crippen LogP contribution in [0.4, 0.5) is 17.6 Å². The van der Waals surface area contributed by atoms with Gasteiger partial charge in [0, 0.05) is 11.8 Å². The van der Waals surface area contributed by atoms with Gasteiger partial charge in [0.2, 0.25) is 17.8 Å². The highest BCUT2D eigenvalue weighted by Crippen LogP contribution is 2.28. The molecule has 10 nitrogen and oxygen atoms in total. The van der Waals surface area contributed by atoms with Gasteiger partial charge >= 0.3 is 5.97 Å². The molecular formula is C19H17N7O3. The highest BCUT2D eigenvalue weighted by atomic mass is 16.5. The highest BCUT2D eigenvalue weighted by molar-refractivity contribution is 5.91. The van der Waals surface area contributed by atoms with Gasteiger partial charge in [-0.25, -0.2) is 14.3 Å². The van der Waals surface area contributed by atoms with Gasteiger partial charge in [0.1, 0.15) is 11.6 Å². The predicted molar refractivity (Wildman–Crippen MR) is 106 cm³/mol. The van der Waals surface area contributed by atoms with Crippen LogP contribution in [0, 0.1) is 6.92 Å². The van der Waals surface area contributed by atoms with Crippen LogP contribution in [0.15, 0.2) is 42.5 Å². The van der Waals surface area contributed by atoms with E-state index in [1.807, 2.05) is 24.3 Å². The lowest BCUT2D eigenvalue weighted by Gasteiger charge is -2.11. The Hall–Kier alpha value is -4.21. The van der Waals surface area contributed by atoms with E-state index in [1.165, 1.54) is 19.2 Å². The van der Waals surface area contributed by atoms with Gasteiger partial charge in [-0.3, -0.25) is 0 Å². The van der Waals surface area contributed by atoms with Crippen LogP contribution in [0.3, 0.4) is 0 Å². The number of hydrogen-bond acceptors (Lipinski definition) is 9. The van der Waals surface area contributed by atoms with Crippen molar-refractivity contribution in [1.82, 2.24) is 24.5 Å². The van der Waals surface area contributed by atoms with Crippen molar-refractivity contribution in [2.75, 3.05) is 18.2 Å². The zero-order valence-electron chi connectivity index (χ0n) is 15.6. The summed E-state index contributed by atoms with van der Waals surface area (Å²) in [6, 6.07) is 11.8. The van der Waals surface area contributed by atoms with Crippen molar-refractivity contribution < 1.29 is 14.6 Å². The lowest BCUT2D eigenvalue weighted by atomic mass is 10.2. The lowest BCUT2D eigenvalue weighted by molar-refractivity contribution is 0.0600. The number of hydrogen-bond donors (Lipinski definition) is 3. The molecule has 0 aliphatic heterocycles. The summed E-state index contributed by atoms with van der Waals surface area (Å²) < 4.78 is 6.41. The Balaban J connectivity index is 1.87. The summed E-state index contributed by atoms with van der Waals surface area (Å²) in [4.78, 5) is 29.0. The molecule has 0 radical (unpaired) electrons. The van der Waals surface area contributed by atoms with Gasteiger partial charge in [0.15, 0.2) is 0 Å². The molecule has 4 aromatic rings. The number of imidazole rings is 1. The van der Waals surface area contributed by atoms with Crippen LogP contribution in [0.2, 0.25) is 0 Å². The van der Waals surface area contributed by atoms with E-state index < -0.39 is 5.97 Å². The van der Waals surface area contributed by atoms with E-state index in [1.54, 1.807) is 17.6 Å². The fourth-order valence-electron chi connectivity index (χ4n) is 2.95. The predicted octanol–water partition coefficient (Wildman–Crippen LogP) is 2.34. The van der Waals surface area contributed by atoms with E-state index in [2.05, 4.69) is 25.3 Å². The van der Waals surface area contributed by atoms with E-state index >= 15 is 0 Å². The Morgan fingerprint density at radius 3 is 2.69 bits per heavy atom. The van der Waals surface area contributed by atoms with E-state index in [0.717, 1.165) is 5.52 Å². The molecule has 0 unspecified atom stereocenters. The Labute approximate surface area is 165 Å². The standard InChI is InChI=1S/C19H17N7O3/c1-10-21-17(20)25-18(22-10)26-15-6-4-3-5-14(15)24-19(26)23-12-7-11(16(28)29-2)8-13(27)9-12/h3-9,27H,1-2H3,(H,23,24)(H2,20,21,22,25). The number of phenolic OH excluding ortho intramolecular Hbond substituents is 1. The smallest absolute Gasteiger partial charge is 0.338 e. The van der Waals surface area contributed by atoms with Gasteiger partial charge in [0.05, 0.1) is 23.7 Å². The second-order valence-corrected chi connectivity index (χ2v) is 6.19. The summed E-state index contributed by atoms with van der Waals surface area (Å²) >= 11 is 0. The molecule has 2 aromatic heterocycles. The zero-order chi connectivity index (χ0) is 20.5. The quantitative estimate of drug-likeness (QED) is 0.447. The number of nitrogen functional groups attached to an aromatic ring is 1. The third-order valence-electron chi connectivity index (χ3n) is 4.11. The molecule has 2 heterocycles. The first-order chi connectivity index (χ1) is 13.9. The van der Waals surface area contributed by atoms with Crippen LogP contribution in [-0.4, -0.2) is 42.7 Å². The third kappa shape index (κ3) is 3.50. The number of anilines is 3. The molecule has 10 heteroatoms. The van der Waals surface area contributed by atoms with Crippen LogP contribution >= 0.6 is 0 Å². The molecule has 0 spiro atoms. The molecule has 0 bridgehead atoms. The van der Waals surface area contributed by atoms with Crippen LogP contribution in [0.5, 0.6) is 5.75 Å².